The minimum absolute atomic E-state index is 0.239. The highest BCUT2D eigenvalue weighted by atomic mass is 35.5. The quantitative estimate of drug-likeness (QED) is 0.603. The molecule has 0 amide bonds. The molecule has 1 aromatic carbocycles. The number of benzene rings is 1. The number of phenols is 1. The number of alkyl halides is 1. The van der Waals surface area contributed by atoms with Crippen LogP contribution in [0.15, 0.2) is 18.2 Å². The van der Waals surface area contributed by atoms with Crippen LogP contribution in [-0.2, 0) is 6.42 Å². The van der Waals surface area contributed by atoms with Gasteiger partial charge in [-0.15, -0.1) is 11.6 Å². The lowest BCUT2D eigenvalue weighted by Gasteiger charge is -2.09. The molecule has 0 saturated heterocycles. The van der Waals surface area contributed by atoms with Gasteiger partial charge in [-0.25, -0.2) is 0 Å². The minimum atomic E-state index is 0.239. The maximum absolute atomic E-state index is 9.28. The third-order valence-corrected chi connectivity index (χ3v) is 2.23. The van der Waals surface area contributed by atoms with Gasteiger partial charge in [-0.1, -0.05) is 13.0 Å². The van der Waals surface area contributed by atoms with Gasteiger partial charge in [0.15, 0.2) is 0 Å². The summed E-state index contributed by atoms with van der Waals surface area (Å²) in [6.07, 6.45) is 1.72. The SMILES string of the molecule is CCc1ccc(O)cc1OCCCCl. The molecular weight excluding hydrogens is 200 g/mol. The van der Waals surface area contributed by atoms with Crippen LogP contribution in [0.25, 0.3) is 0 Å². The lowest BCUT2D eigenvalue weighted by Crippen LogP contribution is -2.00. The Balaban J connectivity index is 2.67. The molecule has 0 unspecified atom stereocenters. The number of aryl methyl sites for hydroxylation is 1. The molecule has 0 radical (unpaired) electrons. The Hall–Kier alpha value is -0.890. The van der Waals surface area contributed by atoms with Gasteiger partial charge >= 0.3 is 0 Å². The molecule has 0 aliphatic carbocycles. The Bertz CT molecular complexity index is 287. The summed E-state index contributed by atoms with van der Waals surface area (Å²) in [4.78, 5) is 0. The number of phenolic OH excluding ortho intramolecular Hbond substituents is 1. The molecule has 0 spiro atoms. The molecule has 0 fully saturated rings. The molecule has 0 aliphatic heterocycles. The second-order valence-corrected chi connectivity index (χ2v) is 3.41. The molecule has 0 atom stereocenters. The summed E-state index contributed by atoms with van der Waals surface area (Å²) in [6.45, 7) is 2.65. The summed E-state index contributed by atoms with van der Waals surface area (Å²) in [5, 5.41) is 9.28. The van der Waals surface area contributed by atoms with Crippen LogP contribution in [0, 0.1) is 0 Å². The summed E-state index contributed by atoms with van der Waals surface area (Å²) >= 11 is 5.54. The molecule has 14 heavy (non-hydrogen) atoms. The average Bonchev–Trinajstić information content (AvgIpc) is 2.19. The van der Waals surface area contributed by atoms with E-state index in [9.17, 15) is 5.11 Å². The van der Waals surface area contributed by atoms with Crippen molar-refractivity contribution >= 4 is 11.6 Å². The van der Waals surface area contributed by atoms with E-state index in [2.05, 4.69) is 6.92 Å². The predicted octanol–water partition coefficient (Wildman–Crippen LogP) is 2.96. The Morgan fingerprint density at radius 1 is 1.43 bits per heavy atom. The normalized spacial score (nSPS) is 10.1. The number of hydrogen-bond acceptors (Lipinski definition) is 2. The summed E-state index contributed by atoms with van der Waals surface area (Å²) in [5.74, 6) is 1.60. The Morgan fingerprint density at radius 2 is 2.21 bits per heavy atom. The van der Waals surface area contributed by atoms with Crippen LogP contribution < -0.4 is 4.74 Å². The van der Waals surface area contributed by atoms with Crippen molar-refractivity contribution in [2.45, 2.75) is 19.8 Å². The van der Waals surface area contributed by atoms with E-state index in [0.717, 1.165) is 24.2 Å². The van der Waals surface area contributed by atoms with Gasteiger partial charge in [0.2, 0.25) is 0 Å². The summed E-state index contributed by atoms with van der Waals surface area (Å²) < 4.78 is 5.50. The molecule has 0 saturated carbocycles. The Morgan fingerprint density at radius 3 is 2.86 bits per heavy atom. The minimum Gasteiger partial charge on any atom is -0.508 e. The standard InChI is InChI=1S/C11H15ClO2/c1-2-9-4-5-10(13)8-11(9)14-7-3-6-12/h4-5,8,13H,2-3,6-7H2,1H3. The van der Waals surface area contributed by atoms with Crippen LogP contribution in [0.1, 0.15) is 18.9 Å². The van der Waals surface area contributed by atoms with E-state index in [-0.39, 0.29) is 5.75 Å². The molecule has 0 aromatic heterocycles. The van der Waals surface area contributed by atoms with E-state index in [4.69, 9.17) is 16.3 Å². The highest BCUT2D eigenvalue weighted by Crippen LogP contribution is 2.24. The lowest BCUT2D eigenvalue weighted by atomic mass is 10.1. The van der Waals surface area contributed by atoms with E-state index in [1.54, 1.807) is 12.1 Å². The van der Waals surface area contributed by atoms with Gasteiger partial charge in [-0.05, 0) is 24.5 Å². The zero-order chi connectivity index (χ0) is 10.4. The zero-order valence-electron chi connectivity index (χ0n) is 8.29. The molecule has 3 heteroatoms. The van der Waals surface area contributed by atoms with Crippen molar-refractivity contribution in [2.24, 2.45) is 0 Å². The van der Waals surface area contributed by atoms with Crippen LogP contribution in [0.3, 0.4) is 0 Å². The van der Waals surface area contributed by atoms with Gasteiger partial charge in [0.05, 0.1) is 6.61 Å². The van der Waals surface area contributed by atoms with Crippen molar-refractivity contribution in [1.29, 1.82) is 0 Å². The number of ether oxygens (including phenoxy) is 1. The molecular formula is C11H15ClO2. The van der Waals surface area contributed by atoms with Gasteiger partial charge in [-0.2, -0.15) is 0 Å². The number of rotatable bonds is 5. The van der Waals surface area contributed by atoms with Crippen LogP contribution in [0.2, 0.25) is 0 Å². The maximum Gasteiger partial charge on any atom is 0.126 e. The second-order valence-electron chi connectivity index (χ2n) is 3.04. The van der Waals surface area contributed by atoms with Gasteiger partial charge in [0.1, 0.15) is 11.5 Å². The monoisotopic (exact) mass is 214 g/mol. The maximum atomic E-state index is 9.28. The zero-order valence-corrected chi connectivity index (χ0v) is 9.05. The average molecular weight is 215 g/mol. The van der Waals surface area contributed by atoms with E-state index in [1.807, 2.05) is 6.07 Å². The van der Waals surface area contributed by atoms with Crippen molar-refractivity contribution in [3.63, 3.8) is 0 Å². The van der Waals surface area contributed by atoms with Crippen molar-refractivity contribution < 1.29 is 9.84 Å². The Kier molecular flexibility index (Phi) is 4.60. The molecule has 0 heterocycles. The first-order valence-electron chi connectivity index (χ1n) is 4.78. The van der Waals surface area contributed by atoms with E-state index >= 15 is 0 Å². The van der Waals surface area contributed by atoms with Crippen LogP contribution >= 0.6 is 11.6 Å². The van der Waals surface area contributed by atoms with Crippen molar-refractivity contribution in [2.75, 3.05) is 12.5 Å². The van der Waals surface area contributed by atoms with E-state index < -0.39 is 0 Å². The topological polar surface area (TPSA) is 29.5 Å². The highest BCUT2D eigenvalue weighted by Gasteiger charge is 2.02. The molecule has 2 nitrogen and oxygen atoms in total. The fraction of sp³-hybridized carbons (Fsp3) is 0.455. The van der Waals surface area contributed by atoms with Crippen LogP contribution in [0.5, 0.6) is 11.5 Å². The van der Waals surface area contributed by atoms with Crippen molar-refractivity contribution in [1.82, 2.24) is 0 Å². The third-order valence-electron chi connectivity index (χ3n) is 1.97. The predicted molar refractivity (Wildman–Crippen MR) is 58.3 cm³/mol. The highest BCUT2D eigenvalue weighted by molar-refractivity contribution is 6.17. The van der Waals surface area contributed by atoms with E-state index in [0.29, 0.717) is 12.5 Å². The number of aromatic hydroxyl groups is 1. The Labute approximate surface area is 89.5 Å². The smallest absolute Gasteiger partial charge is 0.126 e. The summed E-state index contributed by atoms with van der Waals surface area (Å²) in [7, 11) is 0. The molecule has 1 aromatic rings. The summed E-state index contributed by atoms with van der Waals surface area (Å²) in [6, 6.07) is 5.20. The first kappa shape index (κ1) is 11.2. The first-order chi connectivity index (χ1) is 6.77. The van der Waals surface area contributed by atoms with Gasteiger partial charge in [0.25, 0.3) is 0 Å². The van der Waals surface area contributed by atoms with Gasteiger partial charge < -0.3 is 9.84 Å². The van der Waals surface area contributed by atoms with Crippen molar-refractivity contribution in [3.8, 4) is 11.5 Å². The first-order valence-corrected chi connectivity index (χ1v) is 5.32. The fourth-order valence-corrected chi connectivity index (χ4v) is 1.32. The van der Waals surface area contributed by atoms with Gasteiger partial charge in [-0.3, -0.25) is 0 Å². The second kappa shape index (κ2) is 5.76. The fourth-order valence-electron chi connectivity index (χ4n) is 1.21. The third kappa shape index (κ3) is 3.11. The van der Waals surface area contributed by atoms with Crippen LogP contribution in [0.4, 0.5) is 0 Å². The van der Waals surface area contributed by atoms with Crippen molar-refractivity contribution in [3.05, 3.63) is 23.8 Å². The molecule has 78 valence electrons. The molecule has 1 rings (SSSR count). The number of halogens is 1. The molecule has 0 aliphatic rings. The molecule has 0 bridgehead atoms. The van der Waals surface area contributed by atoms with E-state index in [1.165, 1.54) is 0 Å². The summed E-state index contributed by atoms with van der Waals surface area (Å²) in [5.41, 5.74) is 1.11. The van der Waals surface area contributed by atoms with Gasteiger partial charge in [0, 0.05) is 11.9 Å². The number of hydrogen-bond donors (Lipinski definition) is 1. The lowest BCUT2D eigenvalue weighted by molar-refractivity contribution is 0.313. The molecule has 1 N–H and O–H groups in total. The van der Waals surface area contributed by atoms with Crippen LogP contribution in [-0.4, -0.2) is 17.6 Å². The largest absolute Gasteiger partial charge is 0.508 e.